The number of hydrogen-bond donors (Lipinski definition) is 1. The molecule has 0 spiro atoms. The molecule has 0 saturated carbocycles. The summed E-state index contributed by atoms with van der Waals surface area (Å²) in [6.45, 7) is 1.83. The molecule has 0 fully saturated rings. The third kappa shape index (κ3) is 3.77. The first kappa shape index (κ1) is 17.7. The topological polar surface area (TPSA) is 46.2 Å². The van der Waals surface area contributed by atoms with Gasteiger partial charge in [0.25, 0.3) is 0 Å². The molecule has 6 heteroatoms. The summed E-state index contributed by atoms with van der Waals surface area (Å²) in [4.78, 5) is 0.00137. The normalized spacial score (nSPS) is 15.8. The van der Waals surface area contributed by atoms with Crippen LogP contribution >= 0.6 is 23.2 Å². The average Bonchev–Trinajstić information content (AvgIpc) is 2.56. The van der Waals surface area contributed by atoms with Crippen molar-refractivity contribution in [3.05, 3.63) is 63.1 Å². The predicted octanol–water partition coefficient (Wildman–Crippen LogP) is 4.91. The maximum atomic E-state index is 12.6. The molecule has 0 heterocycles. The van der Waals surface area contributed by atoms with Gasteiger partial charge < -0.3 is 0 Å². The van der Waals surface area contributed by atoms with Crippen molar-refractivity contribution in [1.82, 2.24) is 4.72 Å². The fourth-order valence-corrected chi connectivity index (χ4v) is 5.06. The molecule has 24 heavy (non-hydrogen) atoms. The van der Waals surface area contributed by atoms with Crippen LogP contribution in [-0.2, 0) is 22.9 Å². The van der Waals surface area contributed by atoms with Crippen LogP contribution in [0.15, 0.2) is 41.3 Å². The van der Waals surface area contributed by atoms with E-state index in [2.05, 4.69) is 16.9 Å². The van der Waals surface area contributed by atoms with E-state index in [1.165, 1.54) is 36.1 Å². The zero-order valence-corrected chi connectivity index (χ0v) is 15.7. The average molecular weight is 384 g/mol. The summed E-state index contributed by atoms with van der Waals surface area (Å²) in [6.07, 6.45) is 4.58. The first-order valence-corrected chi connectivity index (χ1v) is 10.2. The number of nitrogens with one attached hydrogen (secondary N) is 1. The maximum absolute atomic E-state index is 12.6. The molecule has 2 aromatic carbocycles. The van der Waals surface area contributed by atoms with Gasteiger partial charge in [-0.1, -0.05) is 41.4 Å². The van der Waals surface area contributed by atoms with Gasteiger partial charge in [0.1, 0.15) is 4.90 Å². The molecule has 0 radical (unpaired) electrons. The van der Waals surface area contributed by atoms with E-state index in [0.717, 1.165) is 18.4 Å². The molecule has 2 aromatic rings. The number of aryl methyl sites for hydroxylation is 2. The van der Waals surface area contributed by atoms with Crippen molar-refractivity contribution in [2.24, 2.45) is 0 Å². The van der Waals surface area contributed by atoms with E-state index in [1.807, 2.05) is 13.0 Å². The smallest absolute Gasteiger partial charge is 0.207 e. The van der Waals surface area contributed by atoms with Gasteiger partial charge in [-0.25, -0.2) is 13.1 Å². The molecule has 0 saturated heterocycles. The summed E-state index contributed by atoms with van der Waals surface area (Å²) >= 11 is 11.9. The monoisotopic (exact) mass is 383 g/mol. The van der Waals surface area contributed by atoms with E-state index >= 15 is 0 Å². The highest BCUT2D eigenvalue weighted by molar-refractivity contribution is 7.89. The van der Waals surface area contributed by atoms with Crippen molar-refractivity contribution >= 4 is 33.2 Å². The van der Waals surface area contributed by atoms with Gasteiger partial charge in [0, 0.05) is 11.1 Å². The lowest BCUT2D eigenvalue weighted by Gasteiger charge is -2.20. The molecule has 1 aliphatic rings. The van der Waals surface area contributed by atoms with Crippen LogP contribution in [0, 0.1) is 0 Å². The Morgan fingerprint density at radius 1 is 1.00 bits per heavy atom. The number of sulfonamides is 1. The van der Waals surface area contributed by atoms with E-state index in [9.17, 15) is 8.42 Å². The van der Waals surface area contributed by atoms with E-state index in [4.69, 9.17) is 23.2 Å². The number of rotatable bonds is 4. The van der Waals surface area contributed by atoms with Crippen molar-refractivity contribution in [3.8, 4) is 0 Å². The summed E-state index contributed by atoms with van der Waals surface area (Å²) in [5, 5.41) is 0.491. The fourth-order valence-electron chi connectivity index (χ4n) is 3.07. The molecule has 128 valence electrons. The summed E-state index contributed by atoms with van der Waals surface area (Å²) in [7, 11) is -3.75. The zero-order chi connectivity index (χ0) is 17.3. The Labute approximate surface area is 153 Å². The first-order chi connectivity index (χ1) is 11.4. The summed E-state index contributed by atoms with van der Waals surface area (Å²) < 4.78 is 27.9. The van der Waals surface area contributed by atoms with Gasteiger partial charge in [0.2, 0.25) is 10.0 Å². The van der Waals surface area contributed by atoms with Crippen molar-refractivity contribution in [2.45, 2.75) is 43.5 Å². The molecule has 3 rings (SSSR count). The van der Waals surface area contributed by atoms with Crippen LogP contribution < -0.4 is 4.72 Å². The third-order valence-electron chi connectivity index (χ3n) is 4.39. The highest BCUT2D eigenvalue weighted by Crippen LogP contribution is 2.28. The zero-order valence-electron chi connectivity index (χ0n) is 13.4. The van der Waals surface area contributed by atoms with E-state index in [-0.39, 0.29) is 16.0 Å². The molecule has 0 bridgehead atoms. The van der Waals surface area contributed by atoms with Crippen molar-refractivity contribution < 1.29 is 8.42 Å². The van der Waals surface area contributed by atoms with Crippen LogP contribution in [0.5, 0.6) is 0 Å². The molecule has 1 aliphatic carbocycles. The molecular weight excluding hydrogens is 365 g/mol. The van der Waals surface area contributed by atoms with Crippen LogP contribution in [-0.4, -0.2) is 8.42 Å². The van der Waals surface area contributed by atoms with E-state index in [1.54, 1.807) is 6.07 Å². The highest BCUT2D eigenvalue weighted by atomic mass is 35.5. The Hall–Kier alpha value is -1.07. The largest absolute Gasteiger partial charge is 0.242 e. The minimum atomic E-state index is -3.75. The summed E-state index contributed by atoms with van der Waals surface area (Å²) in [5.74, 6) is 0. The lowest BCUT2D eigenvalue weighted by Crippen LogP contribution is -2.27. The Balaban J connectivity index is 1.86. The van der Waals surface area contributed by atoms with E-state index < -0.39 is 10.0 Å². The molecule has 0 amide bonds. The first-order valence-electron chi connectivity index (χ1n) is 7.96. The number of hydrogen-bond acceptors (Lipinski definition) is 2. The summed E-state index contributed by atoms with van der Waals surface area (Å²) in [5.41, 5.74) is 3.65. The minimum Gasteiger partial charge on any atom is -0.207 e. The van der Waals surface area contributed by atoms with Crippen LogP contribution in [0.4, 0.5) is 0 Å². The Kier molecular flexibility index (Phi) is 5.21. The van der Waals surface area contributed by atoms with Crippen LogP contribution in [0.2, 0.25) is 10.0 Å². The number of fused-ring (bicyclic) bond motifs is 1. The highest BCUT2D eigenvalue weighted by Gasteiger charge is 2.22. The fraction of sp³-hybridized carbons (Fsp3) is 0.333. The van der Waals surface area contributed by atoms with E-state index in [0.29, 0.717) is 5.02 Å². The van der Waals surface area contributed by atoms with Gasteiger partial charge in [-0.3, -0.25) is 0 Å². The lowest BCUT2D eigenvalue weighted by atomic mass is 9.89. The van der Waals surface area contributed by atoms with Gasteiger partial charge in [0.15, 0.2) is 0 Å². The molecule has 0 unspecified atom stereocenters. The Morgan fingerprint density at radius 3 is 2.46 bits per heavy atom. The SMILES string of the molecule is C[C@H](NS(=O)(=O)c1cc(Cl)ccc1Cl)c1ccc2c(c1)CCCC2. The predicted molar refractivity (Wildman–Crippen MR) is 98.3 cm³/mol. The molecule has 3 nitrogen and oxygen atoms in total. The number of halogens is 2. The molecule has 0 aliphatic heterocycles. The molecule has 0 aromatic heterocycles. The van der Waals surface area contributed by atoms with Crippen LogP contribution in [0.25, 0.3) is 0 Å². The summed E-state index contributed by atoms with van der Waals surface area (Å²) in [6, 6.07) is 10.3. The van der Waals surface area contributed by atoms with Gasteiger partial charge in [-0.2, -0.15) is 0 Å². The van der Waals surface area contributed by atoms with Crippen molar-refractivity contribution in [2.75, 3.05) is 0 Å². The van der Waals surface area contributed by atoms with Gasteiger partial charge in [0.05, 0.1) is 5.02 Å². The van der Waals surface area contributed by atoms with Crippen LogP contribution in [0.3, 0.4) is 0 Å². The van der Waals surface area contributed by atoms with Crippen LogP contribution in [0.1, 0.15) is 42.5 Å². The van der Waals surface area contributed by atoms with Crippen molar-refractivity contribution in [3.63, 3.8) is 0 Å². The van der Waals surface area contributed by atoms with Gasteiger partial charge >= 0.3 is 0 Å². The second-order valence-electron chi connectivity index (χ2n) is 6.15. The van der Waals surface area contributed by atoms with Gasteiger partial charge in [-0.05, 0) is 67.5 Å². The quantitative estimate of drug-likeness (QED) is 0.814. The second kappa shape index (κ2) is 7.04. The minimum absolute atomic E-state index is 0.00137. The Morgan fingerprint density at radius 2 is 1.71 bits per heavy atom. The van der Waals surface area contributed by atoms with Crippen molar-refractivity contribution in [1.29, 1.82) is 0 Å². The standard InChI is InChI=1S/C18H19Cl2NO2S/c1-12(14-7-6-13-4-2-3-5-15(13)10-14)21-24(22,23)18-11-16(19)8-9-17(18)20/h6-12,21H,2-5H2,1H3/t12-/m0/s1. The second-order valence-corrected chi connectivity index (χ2v) is 8.68. The molecular formula is C18H19Cl2NO2S. The third-order valence-corrected chi connectivity index (χ3v) is 6.64. The number of benzene rings is 2. The Bertz CT molecular complexity index is 865. The lowest BCUT2D eigenvalue weighted by molar-refractivity contribution is 0.566. The maximum Gasteiger partial charge on any atom is 0.242 e. The van der Waals surface area contributed by atoms with Gasteiger partial charge in [-0.15, -0.1) is 0 Å². The molecule has 1 atom stereocenters. The molecule has 1 N–H and O–H groups in total.